The molecule has 4 nitrogen and oxygen atoms in total. The summed E-state index contributed by atoms with van der Waals surface area (Å²) in [5.74, 6) is -0.181. The third-order valence-corrected chi connectivity index (χ3v) is 4.46. The van der Waals surface area contributed by atoms with Crippen molar-refractivity contribution in [1.29, 1.82) is 0 Å². The summed E-state index contributed by atoms with van der Waals surface area (Å²) >= 11 is 0. The highest BCUT2D eigenvalue weighted by Gasteiger charge is 2.38. The maximum atomic E-state index is 11.8. The van der Waals surface area contributed by atoms with Gasteiger partial charge in [-0.2, -0.15) is 0 Å². The Kier molecular flexibility index (Phi) is 5.80. The highest BCUT2D eigenvalue weighted by Crippen LogP contribution is 2.35. The van der Waals surface area contributed by atoms with Crippen molar-refractivity contribution in [3.63, 3.8) is 0 Å². The van der Waals surface area contributed by atoms with Crippen molar-refractivity contribution in [3.05, 3.63) is 36.0 Å². The van der Waals surface area contributed by atoms with Crippen molar-refractivity contribution >= 4 is 11.9 Å². The van der Waals surface area contributed by atoms with Gasteiger partial charge in [0.2, 0.25) is 0 Å². The number of fused-ring (bicyclic) bond motifs is 1. The van der Waals surface area contributed by atoms with Crippen LogP contribution in [0.15, 0.2) is 36.0 Å². The fourth-order valence-electron chi connectivity index (χ4n) is 2.90. The van der Waals surface area contributed by atoms with Gasteiger partial charge in [-0.05, 0) is 24.3 Å². The molecule has 0 radical (unpaired) electrons. The van der Waals surface area contributed by atoms with E-state index in [9.17, 15) is 9.59 Å². The average Bonchev–Trinajstić information content (AvgIpc) is 2.76. The van der Waals surface area contributed by atoms with Crippen LogP contribution in [0.1, 0.15) is 40.0 Å². The molecule has 3 atom stereocenters. The molecule has 1 fully saturated rings. The molecule has 0 aromatic carbocycles. The van der Waals surface area contributed by atoms with Crippen LogP contribution in [0.25, 0.3) is 0 Å². The van der Waals surface area contributed by atoms with E-state index in [-0.39, 0.29) is 36.5 Å². The SMILES string of the molecule is C=C1C(=O)O[C@@H]2C/C(COC(=O)C(C)C)=C\C=C/[C@@H](C)CC[C@@H]12. The van der Waals surface area contributed by atoms with E-state index in [0.717, 1.165) is 18.4 Å². The highest BCUT2D eigenvalue weighted by atomic mass is 16.6. The Bertz CT molecular complexity index is 542. The Morgan fingerprint density at radius 1 is 1.43 bits per heavy atom. The molecule has 0 saturated carbocycles. The number of carbonyl (C=O) groups excluding carboxylic acids is 2. The fraction of sp³-hybridized carbons (Fsp3) is 0.579. The van der Waals surface area contributed by atoms with Crippen LogP contribution in [0.3, 0.4) is 0 Å². The van der Waals surface area contributed by atoms with Crippen LogP contribution >= 0.6 is 0 Å². The summed E-state index contributed by atoms with van der Waals surface area (Å²) in [6.45, 7) is 9.91. The third kappa shape index (κ3) is 4.57. The molecule has 4 heteroatoms. The average molecular weight is 318 g/mol. The normalized spacial score (nSPS) is 31.8. The Labute approximate surface area is 138 Å². The summed E-state index contributed by atoms with van der Waals surface area (Å²) in [6, 6.07) is 0. The Balaban J connectivity index is 2.13. The van der Waals surface area contributed by atoms with Gasteiger partial charge in [-0.1, -0.05) is 45.6 Å². The molecule has 0 amide bonds. The van der Waals surface area contributed by atoms with Gasteiger partial charge in [0.1, 0.15) is 12.7 Å². The molecular formula is C19H26O4. The molecule has 0 bridgehead atoms. The first-order valence-corrected chi connectivity index (χ1v) is 8.31. The Hall–Kier alpha value is -1.84. The molecule has 0 unspecified atom stereocenters. The first kappa shape index (κ1) is 17.5. The number of rotatable bonds is 3. The molecule has 1 aliphatic carbocycles. The zero-order valence-electron chi connectivity index (χ0n) is 14.2. The second-order valence-electron chi connectivity index (χ2n) is 6.81. The Morgan fingerprint density at radius 2 is 2.17 bits per heavy atom. The number of ether oxygens (including phenoxy) is 2. The summed E-state index contributed by atoms with van der Waals surface area (Å²) in [6.07, 6.45) is 8.40. The highest BCUT2D eigenvalue weighted by molar-refractivity contribution is 5.90. The van der Waals surface area contributed by atoms with Crippen LogP contribution in [0.4, 0.5) is 0 Å². The minimum absolute atomic E-state index is 0.0562. The maximum Gasteiger partial charge on any atom is 0.334 e. The summed E-state index contributed by atoms with van der Waals surface area (Å²) in [5.41, 5.74) is 1.53. The monoisotopic (exact) mass is 318 g/mol. The van der Waals surface area contributed by atoms with Crippen LogP contribution in [0.5, 0.6) is 0 Å². The van der Waals surface area contributed by atoms with Crippen LogP contribution in [0, 0.1) is 17.8 Å². The number of hydrogen-bond donors (Lipinski definition) is 0. The topological polar surface area (TPSA) is 52.6 Å². The number of hydrogen-bond acceptors (Lipinski definition) is 4. The smallest absolute Gasteiger partial charge is 0.334 e. The van der Waals surface area contributed by atoms with Crippen molar-refractivity contribution in [2.75, 3.05) is 6.61 Å². The first-order chi connectivity index (χ1) is 10.9. The zero-order valence-corrected chi connectivity index (χ0v) is 14.2. The van der Waals surface area contributed by atoms with E-state index in [1.807, 2.05) is 26.0 Å². The van der Waals surface area contributed by atoms with Crippen molar-refractivity contribution in [2.45, 2.75) is 46.1 Å². The van der Waals surface area contributed by atoms with Crippen molar-refractivity contribution in [1.82, 2.24) is 0 Å². The van der Waals surface area contributed by atoms with Crippen LogP contribution in [0.2, 0.25) is 0 Å². The fourth-order valence-corrected chi connectivity index (χ4v) is 2.90. The summed E-state index contributed by atoms with van der Waals surface area (Å²) in [5, 5.41) is 0. The second-order valence-corrected chi connectivity index (χ2v) is 6.81. The van der Waals surface area contributed by atoms with E-state index in [1.54, 1.807) is 0 Å². The minimum Gasteiger partial charge on any atom is -0.461 e. The maximum absolute atomic E-state index is 11.8. The van der Waals surface area contributed by atoms with Crippen molar-refractivity contribution < 1.29 is 19.1 Å². The quantitative estimate of drug-likeness (QED) is 0.589. The van der Waals surface area contributed by atoms with Gasteiger partial charge in [0.05, 0.1) is 5.92 Å². The lowest BCUT2D eigenvalue weighted by atomic mass is 9.85. The minimum atomic E-state index is -0.293. The van der Waals surface area contributed by atoms with Gasteiger partial charge in [0.15, 0.2) is 0 Å². The van der Waals surface area contributed by atoms with Crippen LogP contribution in [-0.4, -0.2) is 24.6 Å². The summed E-state index contributed by atoms with van der Waals surface area (Å²) in [4.78, 5) is 23.5. The van der Waals surface area contributed by atoms with E-state index in [1.165, 1.54) is 0 Å². The number of carbonyl (C=O) groups is 2. The van der Waals surface area contributed by atoms with Gasteiger partial charge >= 0.3 is 11.9 Å². The lowest BCUT2D eigenvalue weighted by Gasteiger charge is -2.21. The molecule has 0 aromatic heterocycles. The number of esters is 2. The van der Waals surface area contributed by atoms with Crippen molar-refractivity contribution in [3.8, 4) is 0 Å². The van der Waals surface area contributed by atoms with Gasteiger partial charge in [-0.25, -0.2) is 4.79 Å². The van der Waals surface area contributed by atoms with E-state index in [2.05, 4.69) is 19.6 Å². The van der Waals surface area contributed by atoms with Crippen LogP contribution < -0.4 is 0 Å². The molecule has 0 N–H and O–H groups in total. The van der Waals surface area contributed by atoms with Gasteiger partial charge in [0.25, 0.3) is 0 Å². The van der Waals surface area contributed by atoms with Gasteiger partial charge in [-0.15, -0.1) is 0 Å². The molecule has 1 saturated heterocycles. The molecular weight excluding hydrogens is 292 g/mol. The van der Waals surface area contributed by atoms with E-state index < -0.39 is 0 Å². The van der Waals surface area contributed by atoms with Gasteiger partial charge in [0, 0.05) is 17.9 Å². The van der Waals surface area contributed by atoms with Crippen molar-refractivity contribution in [2.24, 2.45) is 17.8 Å². The zero-order chi connectivity index (χ0) is 17.0. The third-order valence-electron chi connectivity index (χ3n) is 4.46. The summed E-state index contributed by atoms with van der Waals surface area (Å²) < 4.78 is 10.8. The van der Waals surface area contributed by atoms with Gasteiger partial charge < -0.3 is 9.47 Å². The lowest BCUT2D eigenvalue weighted by Crippen LogP contribution is -2.21. The van der Waals surface area contributed by atoms with E-state index in [0.29, 0.717) is 17.9 Å². The molecule has 0 spiro atoms. The largest absolute Gasteiger partial charge is 0.461 e. The Morgan fingerprint density at radius 3 is 2.87 bits per heavy atom. The number of allylic oxidation sites excluding steroid dienone is 3. The molecule has 1 aliphatic heterocycles. The summed E-state index contributed by atoms with van der Waals surface area (Å²) in [7, 11) is 0. The van der Waals surface area contributed by atoms with E-state index in [4.69, 9.17) is 9.47 Å². The second kappa shape index (κ2) is 7.62. The molecule has 23 heavy (non-hydrogen) atoms. The van der Waals surface area contributed by atoms with E-state index >= 15 is 0 Å². The molecule has 0 aromatic rings. The predicted octanol–water partition coefficient (Wildman–Crippen LogP) is 3.59. The lowest BCUT2D eigenvalue weighted by molar-refractivity contribution is -0.146. The molecule has 126 valence electrons. The standard InChI is InChI=1S/C19H26O4/c1-12(2)18(20)22-11-15-7-5-6-13(3)8-9-16-14(4)19(21)23-17(16)10-15/h5-7,12-13,16-17H,4,8-11H2,1-3H3/b6-5-,15-7+/t13-,16+,17-/m1/s1. The molecule has 1 heterocycles. The molecule has 2 aliphatic rings. The molecule has 2 rings (SSSR count). The van der Waals surface area contributed by atoms with Crippen LogP contribution in [-0.2, 0) is 19.1 Å². The predicted molar refractivity (Wildman–Crippen MR) is 88.5 cm³/mol. The first-order valence-electron chi connectivity index (χ1n) is 8.31. The van der Waals surface area contributed by atoms with Gasteiger partial charge in [-0.3, -0.25) is 4.79 Å².